The molecular formula is C21H28F3N3O. The molecule has 0 aliphatic rings. The first kappa shape index (κ1) is 22.0. The van der Waals surface area contributed by atoms with Crippen LogP contribution in [-0.4, -0.2) is 23.6 Å². The Bertz CT molecular complexity index is 750. The molecule has 0 saturated heterocycles. The van der Waals surface area contributed by atoms with Gasteiger partial charge in [0.15, 0.2) is 5.82 Å². The lowest BCUT2D eigenvalue weighted by Crippen LogP contribution is -2.20. The van der Waals surface area contributed by atoms with E-state index in [1.807, 2.05) is 24.3 Å². The highest BCUT2D eigenvalue weighted by Crippen LogP contribution is 2.38. The Morgan fingerprint density at radius 3 is 2.43 bits per heavy atom. The van der Waals surface area contributed by atoms with E-state index in [9.17, 15) is 13.2 Å². The first-order valence-electron chi connectivity index (χ1n) is 9.77. The lowest BCUT2D eigenvalue weighted by molar-refractivity contribution is -0.137. The highest BCUT2D eigenvalue weighted by molar-refractivity contribution is 5.66. The smallest absolute Gasteiger partial charge is 0.421 e. The SMILES string of the molecule is CCCCCOc1ncc(C(F)(F)F)c(N(C)c2ccccc2CCCC)n1. The third kappa shape index (κ3) is 5.84. The predicted molar refractivity (Wildman–Crippen MR) is 105 cm³/mol. The number of hydrogen-bond acceptors (Lipinski definition) is 4. The first-order chi connectivity index (χ1) is 13.4. The van der Waals surface area contributed by atoms with Gasteiger partial charge in [0.2, 0.25) is 0 Å². The molecular weight excluding hydrogens is 367 g/mol. The summed E-state index contributed by atoms with van der Waals surface area (Å²) in [5.74, 6) is -0.197. The third-order valence-electron chi connectivity index (χ3n) is 4.50. The molecule has 0 aliphatic heterocycles. The molecule has 0 fully saturated rings. The third-order valence-corrected chi connectivity index (χ3v) is 4.50. The molecule has 0 atom stereocenters. The Balaban J connectivity index is 2.37. The van der Waals surface area contributed by atoms with E-state index in [0.717, 1.165) is 50.3 Å². The number of para-hydroxylation sites is 1. The fourth-order valence-electron chi connectivity index (χ4n) is 2.93. The molecule has 0 aliphatic carbocycles. The monoisotopic (exact) mass is 395 g/mol. The standard InChI is InChI=1S/C21H28F3N3O/c1-4-6-10-14-28-20-25-15-17(21(22,23)24)19(26-20)27(3)18-13-9-8-12-16(18)11-7-5-2/h8-9,12-13,15H,4-7,10-11,14H2,1-3H3. The minimum atomic E-state index is -4.55. The summed E-state index contributed by atoms with van der Waals surface area (Å²) < 4.78 is 46.2. The number of alkyl halides is 3. The van der Waals surface area contributed by atoms with E-state index >= 15 is 0 Å². The number of nitrogens with zero attached hydrogens (tertiary/aromatic N) is 3. The van der Waals surface area contributed by atoms with Crippen LogP contribution in [-0.2, 0) is 12.6 Å². The molecule has 0 amide bonds. The van der Waals surface area contributed by atoms with Crippen LogP contribution >= 0.6 is 0 Å². The van der Waals surface area contributed by atoms with E-state index < -0.39 is 11.7 Å². The average molecular weight is 395 g/mol. The van der Waals surface area contributed by atoms with Crippen molar-refractivity contribution in [3.05, 3.63) is 41.6 Å². The van der Waals surface area contributed by atoms with Crippen LogP contribution in [0.3, 0.4) is 0 Å². The average Bonchev–Trinajstić information content (AvgIpc) is 2.68. The van der Waals surface area contributed by atoms with Crippen LogP contribution in [0.15, 0.2) is 30.5 Å². The zero-order valence-electron chi connectivity index (χ0n) is 16.7. The van der Waals surface area contributed by atoms with Crippen molar-refractivity contribution in [1.29, 1.82) is 0 Å². The molecule has 0 spiro atoms. The summed E-state index contributed by atoms with van der Waals surface area (Å²) in [7, 11) is 1.60. The second kappa shape index (κ2) is 10.3. The van der Waals surface area contributed by atoms with Crippen molar-refractivity contribution in [2.45, 2.75) is 58.5 Å². The van der Waals surface area contributed by atoms with Crippen LogP contribution in [0.5, 0.6) is 6.01 Å². The van der Waals surface area contributed by atoms with Crippen molar-refractivity contribution < 1.29 is 17.9 Å². The van der Waals surface area contributed by atoms with Gasteiger partial charge in [0.25, 0.3) is 0 Å². The normalized spacial score (nSPS) is 11.5. The number of unbranched alkanes of at least 4 members (excludes halogenated alkanes) is 3. The molecule has 0 N–H and O–H groups in total. The molecule has 1 aromatic heterocycles. The quantitative estimate of drug-likeness (QED) is 0.451. The van der Waals surface area contributed by atoms with E-state index in [1.165, 1.54) is 4.90 Å². The van der Waals surface area contributed by atoms with Gasteiger partial charge in [-0.3, -0.25) is 0 Å². The summed E-state index contributed by atoms with van der Waals surface area (Å²) in [6.07, 6.45) is 1.85. The van der Waals surface area contributed by atoms with Crippen molar-refractivity contribution in [2.75, 3.05) is 18.6 Å². The molecule has 0 unspecified atom stereocenters. The predicted octanol–water partition coefficient (Wildman–Crippen LogP) is 6.17. The van der Waals surface area contributed by atoms with Gasteiger partial charge >= 0.3 is 12.2 Å². The van der Waals surface area contributed by atoms with E-state index in [2.05, 4.69) is 23.8 Å². The summed E-state index contributed by atoms with van der Waals surface area (Å²) in [5.41, 5.74) is 0.822. The molecule has 0 saturated carbocycles. The number of rotatable bonds is 10. The number of hydrogen-bond donors (Lipinski definition) is 0. The number of benzene rings is 1. The summed E-state index contributed by atoms with van der Waals surface area (Å²) in [4.78, 5) is 9.36. The van der Waals surface area contributed by atoms with Crippen molar-refractivity contribution in [3.8, 4) is 6.01 Å². The molecule has 4 nitrogen and oxygen atoms in total. The number of aryl methyl sites for hydroxylation is 1. The summed E-state index contributed by atoms with van der Waals surface area (Å²) in [5, 5.41) is 0. The van der Waals surface area contributed by atoms with Gasteiger partial charge in [0, 0.05) is 18.9 Å². The summed E-state index contributed by atoms with van der Waals surface area (Å²) in [6.45, 7) is 4.54. The fourth-order valence-corrected chi connectivity index (χ4v) is 2.93. The van der Waals surface area contributed by atoms with Gasteiger partial charge in [-0.05, 0) is 30.9 Å². The molecule has 2 aromatic rings. The van der Waals surface area contributed by atoms with E-state index in [1.54, 1.807) is 7.05 Å². The lowest BCUT2D eigenvalue weighted by Gasteiger charge is -2.25. The zero-order valence-corrected chi connectivity index (χ0v) is 16.7. The second-order valence-electron chi connectivity index (χ2n) is 6.73. The number of halogens is 3. The lowest BCUT2D eigenvalue weighted by atomic mass is 10.1. The molecule has 0 bridgehead atoms. The van der Waals surface area contributed by atoms with Crippen molar-refractivity contribution in [2.24, 2.45) is 0 Å². The van der Waals surface area contributed by atoms with Gasteiger partial charge in [-0.1, -0.05) is 51.3 Å². The maximum Gasteiger partial charge on any atom is 0.421 e. The molecule has 7 heteroatoms. The number of anilines is 2. The van der Waals surface area contributed by atoms with Crippen LogP contribution in [0.1, 0.15) is 57.1 Å². The Labute approximate surface area is 164 Å². The van der Waals surface area contributed by atoms with E-state index in [0.29, 0.717) is 12.3 Å². The van der Waals surface area contributed by atoms with Crippen LogP contribution in [0.25, 0.3) is 0 Å². The Morgan fingerprint density at radius 1 is 1.04 bits per heavy atom. The largest absolute Gasteiger partial charge is 0.463 e. The van der Waals surface area contributed by atoms with Crippen molar-refractivity contribution in [3.63, 3.8) is 0 Å². The van der Waals surface area contributed by atoms with Gasteiger partial charge < -0.3 is 9.64 Å². The molecule has 2 rings (SSSR count). The first-order valence-corrected chi connectivity index (χ1v) is 9.77. The van der Waals surface area contributed by atoms with Crippen LogP contribution in [0, 0.1) is 0 Å². The Hall–Kier alpha value is -2.31. The summed E-state index contributed by atoms with van der Waals surface area (Å²) >= 11 is 0. The van der Waals surface area contributed by atoms with Crippen LogP contribution in [0.2, 0.25) is 0 Å². The molecule has 154 valence electrons. The maximum atomic E-state index is 13.6. The van der Waals surface area contributed by atoms with E-state index in [-0.39, 0.29) is 11.8 Å². The highest BCUT2D eigenvalue weighted by Gasteiger charge is 2.37. The Morgan fingerprint density at radius 2 is 1.75 bits per heavy atom. The highest BCUT2D eigenvalue weighted by atomic mass is 19.4. The maximum absolute atomic E-state index is 13.6. The van der Waals surface area contributed by atoms with Gasteiger partial charge in [-0.2, -0.15) is 18.2 Å². The van der Waals surface area contributed by atoms with Gasteiger partial charge in [0.1, 0.15) is 5.56 Å². The second-order valence-corrected chi connectivity index (χ2v) is 6.73. The van der Waals surface area contributed by atoms with Gasteiger partial charge in [-0.25, -0.2) is 4.98 Å². The van der Waals surface area contributed by atoms with Crippen molar-refractivity contribution >= 4 is 11.5 Å². The molecule has 0 radical (unpaired) electrons. The van der Waals surface area contributed by atoms with Crippen molar-refractivity contribution in [1.82, 2.24) is 9.97 Å². The minimum Gasteiger partial charge on any atom is -0.463 e. The summed E-state index contributed by atoms with van der Waals surface area (Å²) in [6, 6.07) is 7.44. The van der Waals surface area contributed by atoms with Crippen LogP contribution in [0.4, 0.5) is 24.7 Å². The topological polar surface area (TPSA) is 38.2 Å². The molecule has 28 heavy (non-hydrogen) atoms. The molecule has 1 heterocycles. The molecule has 1 aromatic carbocycles. The number of ether oxygens (including phenoxy) is 1. The fraction of sp³-hybridized carbons (Fsp3) is 0.524. The zero-order chi connectivity index (χ0) is 20.6. The van der Waals surface area contributed by atoms with Crippen LogP contribution < -0.4 is 9.64 Å². The Kier molecular flexibility index (Phi) is 8.08. The minimum absolute atomic E-state index is 0.0306. The number of aromatic nitrogens is 2. The van der Waals surface area contributed by atoms with Gasteiger partial charge in [-0.15, -0.1) is 0 Å². The van der Waals surface area contributed by atoms with Gasteiger partial charge in [0.05, 0.1) is 6.61 Å². The van der Waals surface area contributed by atoms with E-state index in [4.69, 9.17) is 4.74 Å².